The fourth-order valence-corrected chi connectivity index (χ4v) is 4.39. The summed E-state index contributed by atoms with van der Waals surface area (Å²) in [6.45, 7) is 3.96. The van der Waals surface area contributed by atoms with Crippen molar-refractivity contribution in [2.45, 2.75) is 39.5 Å². The second kappa shape index (κ2) is 6.44. The fourth-order valence-electron chi connectivity index (χ4n) is 3.32. The van der Waals surface area contributed by atoms with E-state index in [-0.39, 0.29) is 5.91 Å². The Hall–Kier alpha value is -2.47. The molecule has 0 saturated heterocycles. The maximum absolute atomic E-state index is 12.5. The molecule has 0 unspecified atom stereocenters. The standard InChI is InChI=1S/C19H20N4OS/c1-12-15(13(2)23(22-12)14-7-4-3-5-8-14)11-18(24)21-19-20-16-9-6-10-17(16)25-19/h3-5,7-8H,6,9-11H2,1-2H3,(H,20,21,24). The van der Waals surface area contributed by atoms with Gasteiger partial charge in [-0.05, 0) is 45.2 Å². The number of hydrogen-bond acceptors (Lipinski definition) is 4. The highest BCUT2D eigenvalue weighted by Crippen LogP contribution is 2.30. The van der Waals surface area contributed by atoms with Crippen LogP contribution in [0.15, 0.2) is 30.3 Å². The molecule has 0 spiro atoms. The number of benzene rings is 1. The van der Waals surface area contributed by atoms with Crippen LogP contribution in [0, 0.1) is 13.8 Å². The van der Waals surface area contributed by atoms with Gasteiger partial charge in [0.1, 0.15) is 0 Å². The van der Waals surface area contributed by atoms with E-state index < -0.39 is 0 Å². The van der Waals surface area contributed by atoms with Gasteiger partial charge in [-0.25, -0.2) is 9.67 Å². The molecule has 1 aliphatic carbocycles. The maximum atomic E-state index is 12.5. The van der Waals surface area contributed by atoms with Crippen LogP contribution >= 0.6 is 11.3 Å². The molecule has 128 valence electrons. The second-order valence-corrected chi connectivity index (χ2v) is 7.45. The van der Waals surface area contributed by atoms with Crippen LogP contribution in [0.5, 0.6) is 0 Å². The van der Waals surface area contributed by atoms with E-state index in [1.165, 1.54) is 11.3 Å². The Labute approximate surface area is 150 Å². The van der Waals surface area contributed by atoms with E-state index in [1.807, 2.05) is 48.9 Å². The van der Waals surface area contributed by atoms with E-state index in [9.17, 15) is 4.79 Å². The Balaban J connectivity index is 1.52. The number of para-hydroxylation sites is 1. The van der Waals surface area contributed by atoms with Crippen LogP contribution in [0.2, 0.25) is 0 Å². The van der Waals surface area contributed by atoms with Crippen molar-refractivity contribution in [2.24, 2.45) is 0 Å². The average Bonchev–Trinajstić information content (AvgIpc) is 3.25. The summed E-state index contributed by atoms with van der Waals surface area (Å²) >= 11 is 1.61. The molecule has 0 fully saturated rings. The van der Waals surface area contributed by atoms with Gasteiger partial charge in [0.15, 0.2) is 5.13 Å². The summed E-state index contributed by atoms with van der Waals surface area (Å²) in [5, 5.41) is 8.28. The lowest BCUT2D eigenvalue weighted by Gasteiger charge is -2.05. The number of anilines is 1. The summed E-state index contributed by atoms with van der Waals surface area (Å²) < 4.78 is 1.90. The monoisotopic (exact) mass is 352 g/mol. The van der Waals surface area contributed by atoms with Crippen molar-refractivity contribution in [3.63, 3.8) is 0 Å². The molecule has 5 nitrogen and oxygen atoms in total. The SMILES string of the molecule is Cc1nn(-c2ccccc2)c(C)c1CC(=O)Nc1nc2c(s1)CCC2. The van der Waals surface area contributed by atoms with Gasteiger partial charge >= 0.3 is 0 Å². The molecule has 2 aromatic heterocycles. The Morgan fingerprint density at radius 1 is 1.24 bits per heavy atom. The van der Waals surface area contributed by atoms with Crippen LogP contribution in [0.1, 0.15) is 33.9 Å². The molecule has 0 atom stereocenters. The summed E-state index contributed by atoms with van der Waals surface area (Å²) in [4.78, 5) is 18.3. The topological polar surface area (TPSA) is 59.8 Å². The second-order valence-electron chi connectivity index (χ2n) is 6.36. The highest BCUT2D eigenvalue weighted by Gasteiger charge is 2.20. The predicted molar refractivity (Wildman–Crippen MR) is 99.5 cm³/mol. The Bertz CT molecular complexity index is 905. The lowest BCUT2D eigenvalue weighted by Crippen LogP contribution is -2.15. The van der Waals surface area contributed by atoms with Crippen LogP contribution in [0.4, 0.5) is 5.13 Å². The number of aryl methyl sites for hydroxylation is 3. The molecule has 1 amide bonds. The van der Waals surface area contributed by atoms with Gasteiger partial charge in [-0.3, -0.25) is 4.79 Å². The molecule has 1 aromatic carbocycles. The summed E-state index contributed by atoms with van der Waals surface area (Å²) in [5.74, 6) is -0.0359. The summed E-state index contributed by atoms with van der Waals surface area (Å²) in [5.41, 5.74) is 5.03. The summed E-state index contributed by atoms with van der Waals surface area (Å²) in [7, 11) is 0. The predicted octanol–water partition coefficient (Wildman–Crippen LogP) is 3.62. The Morgan fingerprint density at radius 2 is 2.04 bits per heavy atom. The van der Waals surface area contributed by atoms with Gasteiger partial charge in [0.05, 0.1) is 23.5 Å². The van der Waals surface area contributed by atoms with Crippen LogP contribution in [-0.4, -0.2) is 20.7 Å². The zero-order valence-electron chi connectivity index (χ0n) is 14.4. The molecule has 2 heterocycles. The van der Waals surface area contributed by atoms with Crippen molar-refractivity contribution in [3.05, 3.63) is 57.9 Å². The van der Waals surface area contributed by atoms with Gasteiger partial charge in [-0.15, -0.1) is 11.3 Å². The minimum atomic E-state index is -0.0359. The van der Waals surface area contributed by atoms with Gasteiger partial charge in [-0.1, -0.05) is 18.2 Å². The molecular formula is C19H20N4OS. The quantitative estimate of drug-likeness (QED) is 0.780. The normalized spacial score (nSPS) is 13.0. The third kappa shape index (κ3) is 3.09. The van der Waals surface area contributed by atoms with Gasteiger partial charge in [0.25, 0.3) is 0 Å². The highest BCUT2D eigenvalue weighted by atomic mass is 32.1. The van der Waals surface area contributed by atoms with E-state index in [0.29, 0.717) is 6.42 Å². The van der Waals surface area contributed by atoms with E-state index in [0.717, 1.165) is 46.3 Å². The van der Waals surface area contributed by atoms with Crippen molar-refractivity contribution >= 4 is 22.4 Å². The number of carbonyl (C=O) groups excluding carboxylic acids is 1. The van der Waals surface area contributed by atoms with Crippen molar-refractivity contribution in [2.75, 3.05) is 5.32 Å². The molecule has 1 N–H and O–H groups in total. The zero-order valence-corrected chi connectivity index (χ0v) is 15.2. The number of nitrogens with one attached hydrogen (secondary N) is 1. The van der Waals surface area contributed by atoms with E-state index in [4.69, 9.17) is 0 Å². The zero-order chi connectivity index (χ0) is 17.4. The minimum absolute atomic E-state index is 0.0359. The number of hydrogen-bond donors (Lipinski definition) is 1. The first kappa shape index (κ1) is 16.0. The lowest BCUT2D eigenvalue weighted by atomic mass is 10.1. The number of aromatic nitrogens is 3. The highest BCUT2D eigenvalue weighted by molar-refractivity contribution is 7.15. The molecule has 25 heavy (non-hydrogen) atoms. The van der Waals surface area contributed by atoms with E-state index in [1.54, 1.807) is 11.3 Å². The van der Waals surface area contributed by atoms with Gasteiger partial charge in [0, 0.05) is 16.1 Å². The van der Waals surface area contributed by atoms with Gasteiger partial charge in [0.2, 0.25) is 5.91 Å². The van der Waals surface area contributed by atoms with Gasteiger partial charge in [-0.2, -0.15) is 5.10 Å². The van der Waals surface area contributed by atoms with E-state index in [2.05, 4.69) is 15.4 Å². The lowest BCUT2D eigenvalue weighted by molar-refractivity contribution is -0.115. The van der Waals surface area contributed by atoms with E-state index >= 15 is 0 Å². The largest absolute Gasteiger partial charge is 0.302 e. The average molecular weight is 352 g/mol. The molecule has 4 rings (SSSR count). The summed E-state index contributed by atoms with van der Waals surface area (Å²) in [6.07, 6.45) is 3.61. The third-order valence-electron chi connectivity index (χ3n) is 4.62. The van der Waals surface area contributed by atoms with Crippen molar-refractivity contribution in [1.82, 2.24) is 14.8 Å². The number of nitrogens with zero attached hydrogens (tertiary/aromatic N) is 3. The van der Waals surface area contributed by atoms with Crippen molar-refractivity contribution < 1.29 is 4.79 Å². The van der Waals surface area contributed by atoms with Crippen molar-refractivity contribution in [1.29, 1.82) is 0 Å². The van der Waals surface area contributed by atoms with Crippen LogP contribution < -0.4 is 5.32 Å². The first-order valence-corrected chi connectivity index (χ1v) is 9.32. The number of thiazole rings is 1. The molecule has 0 aliphatic heterocycles. The Morgan fingerprint density at radius 3 is 2.80 bits per heavy atom. The van der Waals surface area contributed by atoms with Crippen LogP contribution in [0.25, 0.3) is 5.69 Å². The third-order valence-corrected chi connectivity index (χ3v) is 5.69. The number of fused-ring (bicyclic) bond motifs is 1. The first-order chi connectivity index (χ1) is 12.1. The molecule has 0 bridgehead atoms. The smallest absolute Gasteiger partial charge is 0.230 e. The maximum Gasteiger partial charge on any atom is 0.230 e. The summed E-state index contributed by atoms with van der Waals surface area (Å²) in [6, 6.07) is 9.98. The number of carbonyl (C=O) groups is 1. The number of rotatable bonds is 4. The van der Waals surface area contributed by atoms with Crippen LogP contribution in [-0.2, 0) is 24.1 Å². The molecule has 6 heteroatoms. The first-order valence-electron chi connectivity index (χ1n) is 8.51. The fraction of sp³-hybridized carbons (Fsp3) is 0.316. The minimum Gasteiger partial charge on any atom is -0.302 e. The Kier molecular flexibility index (Phi) is 4.13. The van der Waals surface area contributed by atoms with Crippen LogP contribution in [0.3, 0.4) is 0 Å². The molecule has 0 radical (unpaired) electrons. The molecule has 1 aliphatic rings. The molecular weight excluding hydrogens is 332 g/mol. The molecule has 0 saturated carbocycles. The van der Waals surface area contributed by atoms with Crippen molar-refractivity contribution in [3.8, 4) is 5.69 Å². The number of amides is 1. The van der Waals surface area contributed by atoms with Gasteiger partial charge < -0.3 is 5.32 Å². The molecule has 3 aromatic rings.